The van der Waals surface area contributed by atoms with E-state index in [1.807, 2.05) is 24.3 Å². The number of thioether (sulfide) groups is 1. The zero-order valence-corrected chi connectivity index (χ0v) is 16.5. The fourth-order valence-electron chi connectivity index (χ4n) is 4.04. The van der Waals surface area contributed by atoms with Crippen LogP contribution in [0.25, 0.3) is 22.6 Å². The van der Waals surface area contributed by atoms with Gasteiger partial charge in [-0.3, -0.25) is 9.36 Å². The molecule has 0 amide bonds. The molecule has 4 heterocycles. The topological polar surface area (TPSA) is 104 Å². The van der Waals surface area contributed by atoms with Crippen molar-refractivity contribution in [3.63, 3.8) is 0 Å². The maximum atomic E-state index is 12.8. The Balaban J connectivity index is 1.46. The number of nitrogens with zero attached hydrogens (tertiary/aromatic N) is 2. The summed E-state index contributed by atoms with van der Waals surface area (Å²) < 4.78 is 17.8. The summed E-state index contributed by atoms with van der Waals surface area (Å²) in [6.07, 6.45) is 2.03. The van der Waals surface area contributed by atoms with Gasteiger partial charge in [0.25, 0.3) is 5.56 Å². The third-order valence-corrected chi connectivity index (χ3v) is 6.82. The summed E-state index contributed by atoms with van der Waals surface area (Å²) in [7, 11) is 0. The fourth-order valence-corrected chi connectivity index (χ4v) is 5.43. The summed E-state index contributed by atoms with van der Waals surface area (Å²) in [5.74, 6) is 1.53. The Kier molecular flexibility index (Phi) is 3.76. The zero-order chi connectivity index (χ0) is 20.4. The van der Waals surface area contributed by atoms with E-state index in [-0.39, 0.29) is 12.4 Å². The Bertz CT molecular complexity index is 1260. The van der Waals surface area contributed by atoms with Gasteiger partial charge in [0.1, 0.15) is 11.7 Å². The van der Waals surface area contributed by atoms with Gasteiger partial charge in [-0.25, -0.2) is 4.79 Å². The normalized spacial score (nSPS) is 19.1. The van der Waals surface area contributed by atoms with Gasteiger partial charge < -0.3 is 19.1 Å². The summed E-state index contributed by atoms with van der Waals surface area (Å²) in [6, 6.07) is 8.01. The second kappa shape index (κ2) is 6.40. The molecule has 9 heteroatoms. The highest BCUT2D eigenvalue weighted by atomic mass is 32.2. The molecule has 1 aliphatic carbocycles. The highest BCUT2D eigenvalue weighted by Crippen LogP contribution is 2.50. The molecule has 0 radical (unpaired) electrons. The molecule has 1 fully saturated rings. The van der Waals surface area contributed by atoms with E-state index in [4.69, 9.17) is 14.0 Å². The zero-order valence-electron chi connectivity index (χ0n) is 15.7. The van der Waals surface area contributed by atoms with Crippen molar-refractivity contribution in [2.45, 2.75) is 29.8 Å². The minimum atomic E-state index is -0.984. The van der Waals surface area contributed by atoms with Crippen LogP contribution in [0.3, 0.4) is 0 Å². The van der Waals surface area contributed by atoms with Gasteiger partial charge in [0.05, 0.1) is 5.03 Å². The molecule has 2 aromatic heterocycles. The predicted octanol–water partition coefficient (Wildman–Crippen LogP) is 3.51. The van der Waals surface area contributed by atoms with Crippen LogP contribution < -0.4 is 15.0 Å². The molecule has 1 saturated carbocycles. The van der Waals surface area contributed by atoms with Crippen molar-refractivity contribution < 1.29 is 23.9 Å². The summed E-state index contributed by atoms with van der Waals surface area (Å²) in [5, 5.41) is 14.4. The highest BCUT2D eigenvalue weighted by molar-refractivity contribution is 7.99. The molecule has 6 rings (SSSR count). The van der Waals surface area contributed by atoms with E-state index in [2.05, 4.69) is 5.16 Å². The van der Waals surface area contributed by atoms with Crippen molar-refractivity contribution in [3.8, 4) is 34.1 Å². The lowest BCUT2D eigenvalue weighted by Crippen LogP contribution is -2.29. The third kappa shape index (κ3) is 2.65. The van der Waals surface area contributed by atoms with Crippen LogP contribution in [-0.2, 0) is 4.79 Å². The van der Waals surface area contributed by atoms with Crippen LogP contribution in [-0.4, -0.2) is 33.3 Å². The molecular formula is C21H16N2O6S. The maximum absolute atomic E-state index is 12.8. The first-order valence-corrected chi connectivity index (χ1v) is 10.6. The molecular weight excluding hydrogens is 408 g/mol. The first kappa shape index (κ1) is 17.6. The number of aromatic nitrogens is 2. The molecule has 152 valence electrons. The molecule has 1 N–H and O–H groups in total. The first-order chi connectivity index (χ1) is 14.6. The van der Waals surface area contributed by atoms with Gasteiger partial charge in [-0.15, -0.1) is 11.8 Å². The molecule has 1 aromatic carbocycles. The number of rotatable bonds is 4. The molecule has 2 aliphatic heterocycles. The Hall–Kier alpha value is -3.20. The molecule has 3 aromatic rings. The first-order valence-electron chi connectivity index (χ1n) is 9.62. The number of carboxylic acids is 1. The van der Waals surface area contributed by atoms with Crippen molar-refractivity contribution in [1.29, 1.82) is 0 Å². The van der Waals surface area contributed by atoms with Gasteiger partial charge in [-0.05, 0) is 42.5 Å². The second-order valence-corrected chi connectivity index (χ2v) is 8.58. The summed E-state index contributed by atoms with van der Waals surface area (Å²) in [5.41, 5.74) is 2.81. The number of benzene rings is 1. The van der Waals surface area contributed by atoms with E-state index in [9.17, 15) is 14.7 Å². The number of pyridine rings is 1. The molecule has 1 atom stereocenters. The number of carbonyl (C=O) groups is 1. The minimum absolute atomic E-state index is 0.196. The minimum Gasteiger partial charge on any atom is -0.480 e. The lowest BCUT2D eigenvalue weighted by molar-refractivity contribution is -0.140. The van der Waals surface area contributed by atoms with Crippen LogP contribution in [0, 0.1) is 0 Å². The van der Waals surface area contributed by atoms with Crippen LogP contribution in [0.2, 0.25) is 0 Å². The Morgan fingerprint density at radius 2 is 2.00 bits per heavy atom. The van der Waals surface area contributed by atoms with E-state index in [1.54, 1.807) is 0 Å². The van der Waals surface area contributed by atoms with Gasteiger partial charge in [0.2, 0.25) is 6.79 Å². The van der Waals surface area contributed by atoms with Crippen LogP contribution in [0.1, 0.15) is 30.4 Å². The second-order valence-electron chi connectivity index (χ2n) is 7.57. The van der Waals surface area contributed by atoms with Crippen LogP contribution >= 0.6 is 11.8 Å². The van der Waals surface area contributed by atoms with Gasteiger partial charge in [-0.2, -0.15) is 0 Å². The van der Waals surface area contributed by atoms with Crippen LogP contribution in [0.15, 0.2) is 44.7 Å². The smallest absolute Gasteiger partial charge is 0.327 e. The van der Waals surface area contributed by atoms with Crippen molar-refractivity contribution >= 4 is 17.7 Å². The quantitative estimate of drug-likeness (QED) is 0.679. The Labute approximate surface area is 174 Å². The number of aliphatic carboxylic acids is 1. The van der Waals surface area contributed by atoms with Gasteiger partial charge in [-0.1, -0.05) is 5.16 Å². The van der Waals surface area contributed by atoms with Crippen molar-refractivity contribution in [1.82, 2.24) is 9.72 Å². The lowest BCUT2D eigenvalue weighted by atomic mass is 10.0. The van der Waals surface area contributed by atoms with Crippen molar-refractivity contribution in [2.24, 2.45) is 0 Å². The van der Waals surface area contributed by atoms with Crippen LogP contribution in [0.5, 0.6) is 11.5 Å². The van der Waals surface area contributed by atoms with E-state index in [0.29, 0.717) is 40.2 Å². The predicted molar refractivity (Wildman–Crippen MR) is 107 cm³/mol. The van der Waals surface area contributed by atoms with E-state index < -0.39 is 12.0 Å². The molecule has 3 aliphatic rings. The average Bonchev–Trinajstić information content (AvgIpc) is 3.13. The number of ether oxygens (including phenoxy) is 2. The lowest BCUT2D eigenvalue weighted by Gasteiger charge is -2.14. The monoisotopic (exact) mass is 424 g/mol. The average molecular weight is 424 g/mol. The van der Waals surface area contributed by atoms with E-state index in [0.717, 1.165) is 29.0 Å². The number of fused-ring (bicyclic) bond motifs is 2. The Morgan fingerprint density at radius 1 is 1.17 bits per heavy atom. The van der Waals surface area contributed by atoms with Crippen LogP contribution in [0.4, 0.5) is 0 Å². The highest BCUT2D eigenvalue weighted by Gasteiger charge is 2.38. The summed E-state index contributed by atoms with van der Waals surface area (Å²) >= 11 is 1.43. The number of carboxylic acid groups (broad SMARTS) is 1. The molecule has 30 heavy (non-hydrogen) atoms. The third-order valence-electron chi connectivity index (χ3n) is 5.65. The summed E-state index contributed by atoms with van der Waals surface area (Å²) in [6.45, 7) is 0.196. The molecule has 0 spiro atoms. The maximum Gasteiger partial charge on any atom is 0.327 e. The number of hydrogen-bond acceptors (Lipinski definition) is 7. The standard InChI is InChI=1S/C21H16N2O6S/c24-18-6-12(19(10-1-2-10)20-23(18)14(8-30-20)21(25)26)16-7-13(22-29-16)11-3-4-15-17(5-11)28-9-27-15/h3-7,10,14H,1-2,8-9H2,(H,25,26). The van der Waals surface area contributed by atoms with E-state index >= 15 is 0 Å². The molecule has 8 nitrogen and oxygen atoms in total. The molecule has 0 bridgehead atoms. The SMILES string of the molecule is O=C(O)C1CSc2c(C3CC3)c(-c3cc(-c4ccc5c(c4)OCO5)no3)cc(=O)n21. The van der Waals surface area contributed by atoms with Gasteiger partial charge >= 0.3 is 5.97 Å². The van der Waals surface area contributed by atoms with Crippen molar-refractivity contribution in [3.05, 3.63) is 46.2 Å². The van der Waals surface area contributed by atoms with Crippen molar-refractivity contribution in [2.75, 3.05) is 12.5 Å². The molecule has 0 saturated heterocycles. The Morgan fingerprint density at radius 3 is 2.80 bits per heavy atom. The number of hydrogen-bond donors (Lipinski definition) is 1. The largest absolute Gasteiger partial charge is 0.480 e. The van der Waals surface area contributed by atoms with E-state index in [1.165, 1.54) is 22.4 Å². The fraction of sp³-hybridized carbons (Fsp3) is 0.286. The van der Waals surface area contributed by atoms with Gasteiger partial charge in [0, 0.05) is 29.0 Å². The van der Waals surface area contributed by atoms with Gasteiger partial charge in [0.15, 0.2) is 17.3 Å². The summed E-state index contributed by atoms with van der Waals surface area (Å²) in [4.78, 5) is 24.4. The molecule has 1 unspecified atom stereocenters.